The van der Waals surface area contributed by atoms with Crippen LogP contribution in [0, 0.1) is 11.6 Å². The van der Waals surface area contributed by atoms with E-state index in [1.165, 1.54) is 17.4 Å². The second kappa shape index (κ2) is 4.44. The van der Waals surface area contributed by atoms with Gasteiger partial charge in [0.2, 0.25) is 0 Å². The lowest BCUT2D eigenvalue weighted by Crippen LogP contribution is -2.03. The summed E-state index contributed by atoms with van der Waals surface area (Å²) in [5.41, 5.74) is 7.34. The van der Waals surface area contributed by atoms with Gasteiger partial charge in [-0.2, -0.15) is 0 Å². The molecule has 0 aliphatic heterocycles. The minimum absolute atomic E-state index is 0.0779. The number of hydrogen-bond donors (Lipinski definition) is 2. The molecule has 0 fully saturated rings. The molecule has 0 radical (unpaired) electrons. The van der Waals surface area contributed by atoms with Crippen LogP contribution >= 0.6 is 11.3 Å². The standard InChI is InChI=1S/C10H9F2N3S/c11-6-1-8(12)10(13)9(2-6)15-4-7-3-14-5-16-7/h1-3,5,15H,4,13H2. The van der Waals surface area contributed by atoms with Crippen molar-refractivity contribution in [2.24, 2.45) is 0 Å². The molecule has 84 valence electrons. The van der Waals surface area contributed by atoms with Crippen molar-refractivity contribution in [1.82, 2.24) is 4.98 Å². The highest BCUT2D eigenvalue weighted by molar-refractivity contribution is 7.09. The van der Waals surface area contributed by atoms with E-state index in [0.29, 0.717) is 6.54 Å². The van der Waals surface area contributed by atoms with Crippen LogP contribution < -0.4 is 11.1 Å². The number of thiazole rings is 1. The van der Waals surface area contributed by atoms with Gasteiger partial charge in [0, 0.05) is 17.1 Å². The van der Waals surface area contributed by atoms with Gasteiger partial charge in [0.05, 0.1) is 23.4 Å². The lowest BCUT2D eigenvalue weighted by atomic mass is 10.2. The van der Waals surface area contributed by atoms with Gasteiger partial charge in [-0.15, -0.1) is 11.3 Å². The molecule has 0 spiro atoms. The summed E-state index contributed by atoms with van der Waals surface area (Å²) in [5.74, 6) is -1.41. The Morgan fingerprint density at radius 2 is 2.19 bits per heavy atom. The number of nitrogens with one attached hydrogen (secondary N) is 1. The van der Waals surface area contributed by atoms with Gasteiger partial charge in [0.25, 0.3) is 0 Å². The molecular formula is C10H9F2N3S. The van der Waals surface area contributed by atoms with Crippen molar-refractivity contribution in [3.63, 3.8) is 0 Å². The largest absolute Gasteiger partial charge is 0.395 e. The molecule has 1 aromatic heterocycles. The van der Waals surface area contributed by atoms with Crippen LogP contribution in [0.15, 0.2) is 23.8 Å². The summed E-state index contributed by atoms with van der Waals surface area (Å²) < 4.78 is 26.0. The van der Waals surface area contributed by atoms with E-state index in [9.17, 15) is 8.78 Å². The SMILES string of the molecule is Nc1c(F)cc(F)cc1NCc1cncs1. The number of hydrogen-bond acceptors (Lipinski definition) is 4. The molecule has 2 aromatic rings. The normalized spacial score (nSPS) is 10.4. The first-order chi connectivity index (χ1) is 7.66. The Balaban J connectivity index is 2.15. The highest BCUT2D eigenvalue weighted by atomic mass is 32.1. The van der Waals surface area contributed by atoms with Gasteiger partial charge in [0.15, 0.2) is 5.82 Å². The van der Waals surface area contributed by atoms with Crippen LogP contribution in [0.4, 0.5) is 20.2 Å². The Bertz CT molecular complexity index is 485. The summed E-state index contributed by atoms with van der Waals surface area (Å²) in [5, 5.41) is 2.86. The molecule has 0 unspecified atom stereocenters. The molecule has 2 rings (SSSR count). The number of nitrogens with two attached hydrogens (primary N) is 1. The number of aromatic nitrogens is 1. The highest BCUT2D eigenvalue weighted by Gasteiger charge is 2.07. The van der Waals surface area contributed by atoms with Gasteiger partial charge in [-0.1, -0.05) is 0 Å². The first kappa shape index (κ1) is 10.8. The van der Waals surface area contributed by atoms with Crippen LogP contribution in [0.3, 0.4) is 0 Å². The summed E-state index contributed by atoms with van der Waals surface area (Å²) >= 11 is 1.45. The maximum absolute atomic E-state index is 13.1. The molecule has 3 N–H and O–H groups in total. The Kier molecular flexibility index (Phi) is 3.00. The van der Waals surface area contributed by atoms with Gasteiger partial charge in [-0.05, 0) is 6.07 Å². The Labute approximate surface area is 94.9 Å². The van der Waals surface area contributed by atoms with Crippen LogP contribution in [-0.2, 0) is 6.54 Å². The summed E-state index contributed by atoms with van der Waals surface area (Å²) in [6.45, 7) is 0.442. The third-order valence-corrected chi connectivity index (χ3v) is 2.81. The second-order valence-corrected chi connectivity index (χ2v) is 4.14. The van der Waals surface area contributed by atoms with Crippen molar-refractivity contribution in [3.8, 4) is 0 Å². The number of benzene rings is 1. The Morgan fingerprint density at radius 1 is 1.38 bits per heavy atom. The van der Waals surface area contributed by atoms with E-state index in [-0.39, 0.29) is 11.4 Å². The van der Waals surface area contributed by atoms with Crippen LogP contribution in [0.25, 0.3) is 0 Å². The van der Waals surface area contributed by atoms with Crippen molar-refractivity contribution in [2.45, 2.75) is 6.54 Å². The second-order valence-electron chi connectivity index (χ2n) is 3.17. The molecule has 1 heterocycles. The van der Waals surface area contributed by atoms with E-state index in [4.69, 9.17) is 5.73 Å². The first-order valence-corrected chi connectivity index (χ1v) is 5.40. The van der Waals surface area contributed by atoms with Crippen molar-refractivity contribution in [1.29, 1.82) is 0 Å². The Hall–Kier alpha value is -1.69. The highest BCUT2D eigenvalue weighted by Crippen LogP contribution is 2.24. The van der Waals surface area contributed by atoms with E-state index in [2.05, 4.69) is 10.3 Å². The van der Waals surface area contributed by atoms with Crippen LogP contribution in [0.5, 0.6) is 0 Å². The lowest BCUT2D eigenvalue weighted by molar-refractivity contribution is 0.587. The van der Waals surface area contributed by atoms with E-state index < -0.39 is 11.6 Å². The van der Waals surface area contributed by atoms with Crippen molar-refractivity contribution in [3.05, 3.63) is 40.4 Å². The maximum atomic E-state index is 13.1. The van der Waals surface area contributed by atoms with Gasteiger partial charge >= 0.3 is 0 Å². The molecular weight excluding hydrogens is 232 g/mol. The van der Waals surface area contributed by atoms with Crippen LogP contribution in [0.1, 0.15) is 4.88 Å². The molecule has 16 heavy (non-hydrogen) atoms. The average molecular weight is 241 g/mol. The van der Waals surface area contributed by atoms with Crippen LogP contribution in [0.2, 0.25) is 0 Å². The van der Waals surface area contributed by atoms with Gasteiger partial charge in [-0.3, -0.25) is 4.98 Å². The van der Waals surface area contributed by atoms with Gasteiger partial charge in [-0.25, -0.2) is 8.78 Å². The summed E-state index contributed by atoms with van der Waals surface area (Å²) in [4.78, 5) is 4.85. The van der Waals surface area contributed by atoms with Crippen molar-refractivity contribution < 1.29 is 8.78 Å². The zero-order chi connectivity index (χ0) is 11.5. The number of anilines is 2. The van der Waals surface area contributed by atoms with Crippen molar-refractivity contribution in [2.75, 3.05) is 11.1 Å². The average Bonchev–Trinajstić information content (AvgIpc) is 2.74. The number of rotatable bonds is 3. The molecule has 3 nitrogen and oxygen atoms in total. The fourth-order valence-corrected chi connectivity index (χ4v) is 1.78. The zero-order valence-electron chi connectivity index (χ0n) is 8.21. The monoisotopic (exact) mass is 241 g/mol. The maximum Gasteiger partial charge on any atom is 0.151 e. The predicted molar refractivity (Wildman–Crippen MR) is 60.2 cm³/mol. The molecule has 6 heteroatoms. The molecule has 0 bridgehead atoms. The smallest absolute Gasteiger partial charge is 0.151 e. The number of halogens is 2. The van der Waals surface area contributed by atoms with E-state index >= 15 is 0 Å². The van der Waals surface area contributed by atoms with E-state index in [1.54, 1.807) is 11.7 Å². The molecule has 0 atom stereocenters. The lowest BCUT2D eigenvalue weighted by Gasteiger charge is -2.08. The van der Waals surface area contributed by atoms with Crippen molar-refractivity contribution >= 4 is 22.7 Å². The molecule has 0 aliphatic carbocycles. The molecule has 0 amide bonds. The van der Waals surface area contributed by atoms with Gasteiger partial charge in [0.1, 0.15) is 5.82 Å². The first-order valence-electron chi connectivity index (χ1n) is 4.52. The predicted octanol–water partition coefficient (Wildman–Crippen LogP) is 2.62. The molecule has 0 saturated carbocycles. The van der Waals surface area contributed by atoms with E-state index in [0.717, 1.165) is 10.9 Å². The third-order valence-electron chi connectivity index (χ3n) is 2.03. The quantitative estimate of drug-likeness (QED) is 0.812. The van der Waals surface area contributed by atoms with Crippen LogP contribution in [-0.4, -0.2) is 4.98 Å². The molecule has 1 aromatic carbocycles. The topological polar surface area (TPSA) is 50.9 Å². The Morgan fingerprint density at radius 3 is 2.88 bits per heavy atom. The molecule has 0 aliphatic rings. The van der Waals surface area contributed by atoms with E-state index in [1.807, 2.05) is 0 Å². The third kappa shape index (κ3) is 2.27. The minimum Gasteiger partial charge on any atom is -0.395 e. The fraction of sp³-hybridized carbons (Fsp3) is 0.100. The fourth-order valence-electron chi connectivity index (χ4n) is 1.24. The summed E-state index contributed by atoms with van der Waals surface area (Å²) in [7, 11) is 0. The summed E-state index contributed by atoms with van der Waals surface area (Å²) in [6, 6.07) is 1.92. The number of nitrogens with zero attached hydrogens (tertiary/aromatic N) is 1. The van der Waals surface area contributed by atoms with Gasteiger partial charge < -0.3 is 11.1 Å². The zero-order valence-corrected chi connectivity index (χ0v) is 9.02. The molecule has 0 saturated heterocycles. The summed E-state index contributed by atoms with van der Waals surface area (Å²) in [6.07, 6.45) is 1.68. The minimum atomic E-state index is -0.758. The number of nitrogen functional groups attached to an aromatic ring is 1.